The Morgan fingerprint density at radius 1 is 1.37 bits per heavy atom. The third-order valence-corrected chi connectivity index (χ3v) is 3.37. The molecule has 19 heavy (non-hydrogen) atoms. The molecule has 0 saturated carbocycles. The van der Waals surface area contributed by atoms with Gasteiger partial charge in [-0.1, -0.05) is 13.8 Å². The maximum absolute atomic E-state index is 12.0. The molecule has 1 unspecified atom stereocenters. The Morgan fingerprint density at radius 2 is 2.00 bits per heavy atom. The monoisotopic (exact) mass is 270 g/mol. The zero-order chi connectivity index (χ0) is 14.6. The van der Waals surface area contributed by atoms with Crippen LogP contribution in [0.3, 0.4) is 0 Å². The van der Waals surface area contributed by atoms with E-state index >= 15 is 0 Å². The predicted molar refractivity (Wildman–Crippen MR) is 69.4 cm³/mol. The third-order valence-electron chi connectivity index (χ3n) is 3.37. The number of carboxylic acid groups (broad SMARTS) is 1. The number of amides is 2. The quantitative estimate of drug-likeness (QED) is 0.803. The van der Waals surface area contributed by atoms with E-state index in [1.807, 2.05) is 0 Å². The lowest BCUT2D eigenvalue weighted by atomic mass is 9.98. The number of carbonyl (C=O) groups is 3. The Kier molecular flexibility index (Phi) is 5.32. The first kappa shape index (κ1) is 15.5. The number of carbonyl (C=O) groups excluding carboxylic acids is 2. The van der Waals surface area contributed by atoms with Crippen molar-refractivity contribution in [1.29, 1.82) is 0 Å². The van der Waals surface area contributed by atoms with Crippen LogP contribution < -0.4 is 0 Å². The normalized spacial score (nSPS) is 19.4. The number of likely N-dealkylation sites (N-methyl/N-ethyl adjacent to an activating group) is 1. The summed E-state index contributed by atoms with van der Waals surface area (Å²) in [5, 5.41) is 8.98. The molecule has 0 radical (unpaired) electrons. The summed E-state index contributed by atoms with van der Waals surface area (Å²) in [6, 6.07) is 0. The van der Waals surface area contributed by atoms with Crippen LogP contribution in [0, 0.1) is 11.8 Å². The molecule has 1 fully saturated rings. The molecule has 6 heteroatoms. The van der Waals surface area contributed by atoms with E-state index in [9.17, 15) is 14.4 Å². The number of piperidine rings is 1. The number of hydrogen-bond acceptors (Lipinski definition) is 3. The topological polar surface area (TPSA) is 77.9 Å². The smallest absolute Gasteiger partial charge is 0.308 e. The Balaban J connectivity index is 2.53. The molecule has 0 aliphatic carbocycles. The standard InChI is InChI=1S/C13H22N2O4/c1-9(2)12(17)14(3)8-11(16)15-6-4-5-10(7-15)13(18)19/h9-10H,4-8H2,1-3H3,(H,18,19). The average Bonchev–Trinajstić information content (AvgIpc) is 2.37. The van der Waals surface area contributed by atoms with Crippen molar-refractivity contribution in [2.24, 2.45) is 11.8 Å². The van der Waals surface area contributed by atoms with E-state index in [1.54, 1.807) is 25.8 Å². The summed E-state index contributed by atoms with van der Waals surface area (Å²) >= 11 is 0. The van der Waals surface area contributed by atoms with Crippen molar-refractivity contribution in [2.75, 3.05) is 26.7 Å². The van der Waals surface area contributed by atoms with Crippen LogP contribution in [0.15, 0.2) is 0 Å². The molecule has 1 aliphatic rings. The molecular formula is C13H22N2O4. The SMILES string of the molecule is CC(C)C(=O)N(C)CC(=O)N1CCCC(C(=O)O)C1. The maximum Gasteiger partial charge on any atom is 0.308 e. The number of likely N-dealkylation sites (tertiary alicyclic amines) is 1. The highest BCUT2D eigenvalue weighted by Gasteiger charge is 2.29. The number of carboxylic acids is 1. The van der Waals surface area contributed by atoms with Crippen LogP contribution in [0.1, 0.15) is 26.7 Å². The lowest BCUT2D eigenvalue weighted by molar-refractivity contribution is -0.147. The molecule has 1 aliphatic heterocycles. The number of hydrogen-bond donors (Lipinski definition) is 1. The van der Waals surface area contributed by atoms with Gasteiger partial charge in [0.1, 0.15) is 0 Å². The summed E-state index contributed by atoms with van der Waals surface area (Å²) in [5.74, 6) is -1.75. The van der Waals surface area contributed by atoms with Gasteiger partial charge < -0.3 is 14.9 Å². The highest BCUT2D eigenvalue weighted by molar-refractivity contribution is 5.85. The summed E-state index contributed by atoms with van der Waals surface area (Å²) in [7, 11) is 1.60. The first-order valence-electron chi connectivity index (χ1n) is 6.58. The minimum atomic E-state index is -0.857. The largest absolute Gasteiger partial charge is 0.481 e. The molecule has 1 rings (SSSR count). The van der Waals surface area contributed by atoms with Gasteiger partial charge in [0.2, 0.25) is 11.8 Å². The van der Waals surface area contributed by atoms with Gasteiger partial charge in [0.05, 0.1) is 12.5 Å². The van der Waals surface area contributed by atoms with Crippen molar-refractivity contribution in [3.05, 3.63) is 0 Å². The molecular weight excluding hydrogens is 248 g/mol. The van der Waals surface area contributed by atoms with Crippen LogP contribution >= 0.6 is 0 Å². The highest BCUT2D eigenvalue weighted by Crippen LogP contribution is 2.16. The van der Waals surface area contributed by atoms with Gasteiger partial charge in [-0.15, -0.1) is 0 Å². The van der Waals surface area contributed by atoms with Crippen molar-refractivity contribution in [3.63, 3.8) is 0 Å². The van der Waals surface area contributed by atoms with Crippen molar-refractivity contribution < 1.29 is 19.5 Å². The molecule has 0 spiro atoms. The van der Waals surface area contributed by atoms with Gasteiger partial charge in [-0.2, -0.15) is 0 Å². The predicted octanol–water partition coefficient (Wildman–Crippen LogP) is 0.424. The average molecular weight is 270 g/mol. The first-order chi connectivity index (χ1) is 8.82. The van der Waals surface area contributed by atoms with Gasteiger partial charge in [0, 0.05) is 26.1 Å². The first-order valence-corrected chi connectivity index (χ1v) is 6.58. The Labute approximate surface area is 113 Å². The Hall–Kier alpha value is -1.59. The third kappa shape index (κ3) is 4.22. The van der Waals surface area contributed by atoms with Crippen LogP contribution in [-0.2, 0) is 14.4 Å². The zero-order valence-electron chi connectivity index (χ0n) is 11.8. The molecule has 108 valence electrons. The molecule has 2 amide bonds. The fraction of sp³-hybridized carbons (Fsp3) is 0.769. The zero-order valence-corrected chi connectivity index (χ0v) is 11.8. The van der Waals surface area contributed by atoms with Crippen LogP contribution in [0.5, 0.6) is 0 Å². The second-order valence-electron chi connectivity index (χ2n) is 5.37. The summed E-state index contributed by atoms with van der Waals surface area (Å²) < 4.78 is 0. The van der Waals surface area contributed by atoms with Gasteiger partial charge in [-0.25, -0.2) is 0 Å². The van der Waals surface area contributed by atoms with E-state index in [1.165, 1.54) is 4.90 Å². The lowest BCUT2D eigenvalue weighted by Crippen LogP contribution is -2.47. The molecule has 1 N–H and O–H groups in total. The highest BCUT2D eigenvalue weighted by atomic mass is 16.4. The fourth-order valence-electron chi connectivity index (χ4n) is 2.23. The van der Waals surface area contributed by atoms with Gasteiger partial charge in [-0.05, 0) is 12.8 Å². The van der Waals surface area contributed by atoms with Crippen LogP contribution in [0.4, 0.5) is 0 Å². The summed E-state index contributed by atoms with van der Waals surface area (Å²) in [6.45, 7) is 4.41. The van der Waals surface area contributed by atoms with Crippen LogP contribution in [-0.4, -0.2) is 59.4 Å². The number of aliphatic carboxylic acids is 1. The minimum Gasteiger partial charge on any atom is -0.481 e. The summed E-state index contributed by atoms with van der Waals surface area (Å²) in [4.78, 5) is 37.6. The molecule has 6 nitrogen and oxygen atoms in total. The molecule has 0 aromatic heterocycles. The van der Waals surface area contributed by atoms with E-state index < -0.39 is 11.9 Å². The molecule has 1 atom stereocenters. The van der Waals surface area contributed by atoms with Crippen molar-refractivity contribution in [1.82, 2.24) is 9.80 Å². The van der Waals surface area contributed by atoms with E-state index in [4.69, 9.17) is 5.11 Å². The Bertz CT molecular complexity index is 368. The lowest BCUT2D eigenvalue weighted by Gasteiger charge is -2.32. The molecule has 0 aromatic carbocycles. The second kappa shape index (κ2) is 6.54. The van der Waals surface area contributed by atoms with E-state index in [-0.39, 0.29) is 30.8 Å². The number of nitrogens with zero attached hydrogens (tertiary/aromatic N) is 2. The molecule has 1 saturated heterocycles. The van der Waals surface area contributed by atoms with Gasteiger partial charge >= 0.3 is 5.97 Å². The van der Waals surface area contributed by atoms with E-state index in [0.717, 1.165) is 0 Å². The number of rotatable bonds is 4. The van der Waals surface area contributed by atoms with Crippen molar-refractivity contribution in [3.8, 4) is 0 Å². The van der Waals surface area contributed by atoms with E-state index in [2.05, 4.69) is 0 Å². The van der Waals surface area contributed by atoms with Crippen LogP contribution in [0.2, 0.25) is 0 Å². The maximum atomic E-state index is 12.0. The van der Waals surface area contributed by atoms with Gasteiger partial charge in [0.15, 0.2) is 0 Å². The molecule has 0 aromatic rings. The molecule has 1 heterocycles. The van der Waals surface area contributed by atoms with Crippen LogP contribution in [0.25, 0.3) is 0 Å². The van der Waals surface area contributed by atoms with Crippen molar-refractivity contribution in [2.45, 2.75) is 26.7 Å². The molecule has 0 bridgehead atoms. The summed E-state index contributed by atoms with van der Waals surface area (Å²) in [5.41, 5.74) is 0. The van der Waals surface area contributed by atoms with Gasteiger partial charge in [0.25, 0.3) is 0 Å². The fourth-order valence-corrected chi connectivity index (χ4v) is 2.23. The van der Waals surface area contributed by atoms with Gasteiger partial charge in [-0.3, -0.25) is 14.4 Å². The Morgan fingerprint density at radius 3 is 2.53 bits per heavy atom. The second-order valence-corrected chi connectivity index (χ2v) is 5.37. The summed E-state index contributed by atoms with van der Waals surface area (Å²) in [6.07, 6.45) is 1.31. The van der Waals surface area contributed by atoms with Crippen molar-refractivity contribution >= 4 is 17.8 Å². The minimum absolute atomic E-state index is 0.0172. The van der Waals surface area contributed by atoms with E-state index in [0.29, 0.717) is 19.4 Å².